The highest BCUT2D eigenvalue weighted by molar-refractivity contribution is 6.30. The summed E-state index contributed by atoms with van der Waals surface area (Å²) in [5.74, 6) is -4.01. The molecular formula is C48H54ClN7O9. The first-order chi connectivity index (χ1) is 31.0. The first-order valence-electron chi connectivity index (χ1n) is 21.4. The highest BCUT2D eigenvalue weighted by atomic mass is 35.5. The molecule has 65 heavy (non-hydrogen) atoms. The second-order valence-electron chi connectivity index (χ2n) is 16.9. The van der Waals surface area contributed by atoms with Gasteiger partial charge in [-0.2, -0.15) is 0 Å². The fraction of sp³-hybridized carbons (Fsp3) is 0.354. The third-order valence-corrected chi connectivity index (χ3v) is 12.2. The van der Waals surface area contributed by atoms with Crippen molar-refractivity contribution in [1.82, 2.24) is 31.1 Å². The first-order valence-corrected chi connectivity index (χ1v) is 21.8. The van der Waals surface area contributed by atoms with E-state index in [-0.39, 0.29) is 59.2 Å². The number of hydrogen-bond donors (Lipinski definition) is 7. The zero-order valence-corrected chi connectivity index (χ0v) is 37.1. The molecule has 4 bridgehead atoms. The summed E-state index contributed by atoms with van der Waals surface area (Å²) in [6.45, 7) is 3.84. The lowest BCUT2D eigenvalue weighted by atomic mass is 9.93. The van der Waals surface area contributed by atoms with Crippen molar-refractivity contribution in [2.75, 3.05) is 26.7 Å². The highest BCUT2D eigenvalue weighted by Gasteiger charge is 2.39. The van der Waals surface area contributed by atoms with Gasteiger partial charge in [-0.1, -0.05) is 48.0 Å². The van der Waals surface area contributed by atoms with E-state index in [1.165, 1.54) is 51.2 Å². The normalized spacial score (nSPS) is 20.0. The van der Waals surface area contributed by atoms with E-state index < -0.39 is 59.2 Å². The predicted molar refractivity (Wildman–Crippen MR) is 244 cm³/mol. The smallest absolute Gasteiger partial charge is 0.251 e. The van der Waals surface area contributed by atoms with E-state index in [2.05, 4.69) is 21.3 Å². The van der Waals surface area contributed by atoms with Gasteiger partial charge in [0.05, 0.1) is 6.04 Å². The number of rotatable bonds is 15. The number of unbranched alkanes of at least 4 members (excludes halogenated alkanes) is 1. The number of benzene rings is 4. The van der Waals surface area contributed by atoms with E-state index in [9.17, 15) is 43.8 Å². The molecule has 0 aromatic heterocycles. The molecule has 0 aliphatic carbocycles. The summed E-state index contributed by atoms with van der Waals surface area (Å²) in [5.41, 5.74) is 7.24. The number of nitrogens with zero attached hydrogens (tertiary/aromatic N) is 2. The number of hydrogen-bond acceptors (Lipinski definition) is 11. The van der Waals surface area contributed by atoms with Crippen LogP contribution in [0.4, 0.5) is 0 Å². The van der Waals surface area contributed by atoms with Crippen LogP contribution in [0.1, 0.15) is 67.1 Å². The van der Waals surface area contributed by atoms with Crippen molar-refractivity contribution in [3.63, 3.8) is 0 Å². The molecule has 5 amide bonds. The maximum absolute atomic E-state index is 14.6. The van der Waals surface area contributed by atoms with Gasteiger partial charge in [-0.15, -0.1) is 0 Å². The van der Waals surface area contributed by atoms with Crippen molar-refractivity contribution < 1.29 is 43.8 Å². The lowest BCUT2D eigenvalue weighted by molar-refractivity contribution is -0.141. The molecule has 1 saturated heterocycles. The van der Waals surface area contributed by atoms with Crippen LogP contribution in [0.5, 0.6) is 11.5 Å². The Kier molecular flexibility index (Phi) is 15.4. The Bertz CT molecular complexity index is 2430. The number of fused-ring (bicyclic) bond motifs is 5. The molecule has 8 N–H and O–H groups in total. The zero-order valence-electron chi connectivity index (χ0n) is 36.4. The number of aldehydes is 2. The minimum absolute atomic E-state index is 0.0428. The largest absolute Gasteiger partial charge is 0.507 e. The molecule has 2 aliphatic rings. The molecule has 17 heteroatoms. The Labute approximate surface area is 381 Å². The van der Waals surface area contributed by atoms with Gasteiger partial charge in [-0.05, 0) is 117 Å². The number of phenols is 2. The molecule has 0 radical (unpaired) electrons. The molecular weight excluding hydrogens is 854 g/mol. The van der Waals surface area contributed by atoms with Crippen LogP contribution in [-0.4, -0.2) is 119 Å². The Morgan fingerprint density at radius 1 is 0.923 bits per heavy atom. The van der Waals surface area contributed by atoms with Gasteiger partial charge in [0.2, 0.25) is 23.6 Å². The summed E-state index contributed by atoms with van der Waals surface area (Å²) in [7, 11) is 1.38. The van der Waals surface area contributed by atoms with Crippen LogP contribution < -0.4 is 27.0 Å². The predicted octanol–water partition coefficient (Wildman–Crippen LogP) is 3.40. The van der Waals surface area contributed by atoms with Crippen LogP contribution >= 0.6 is 11.6 Å². The first kappa shape index (κ1) is 47.8. The van der Waals surface area contributed by atoms with E-state index in [1.807, 2.05) is 12.1 Å². The van der Waals surface area contributed by atoms with E-state index in [0.717, 1.165) is 22.3 Å². The van der Waals surface area contributed by atoms with Gasteiger partial charge in [0, 0.05) is 48.3 Å². The molecule has 2 heterocycles. The van der Waals surface area contributed by atoms with Gasteiger partial charge in [0.25, 0.3) is 5.91 Å². The Hall–Kier alpha value is -6.62. The maximum atomic E-state index is 14.6. The number of nitrogens with one attached hydrogen (secondary N) is 4. The van der Waals surface area contributed by atoms with Gasteiger partial charge in [-0.3, -0.25) is 28.9 Å². The monoisotopic (exact) mass is 907 g/mol. The lowest BCUT2D eigenvalue weighted by Gasteiger charge is -2.42. The molecule has 6 rings (SSSR count). The number of likely N-dealkylation sites (N-methyl/N-ethyl adjacent to an activating group) is 1. The summed E-state index contributed by atoms with van der Waals surface area (Å²) >= 11 is 6.05. The number of likely N-dealkylation sites (tertiary alicyclic amines) is 1. The number of phenolic OH excluding ortho intramolecular Hbond substituents is 2. The second kappa shape index (κ2) is 20.9. The summed E-state index contributed by atoms with van der Waals surface area (Å²) in [6.07, 6.45) is 3.02. The van der Waals surface area contributed by atoms with Gasteiger partial charge in [-0.25, -0.2) is 0 Å². The fourth-order valence-electron chi connectivity index (χ4n) is 8.04. The van der Waals surface area contributed by atoms with Crippen LogP contribution in [0.25, 0.3) is 22.3 Å². The molecule has 16 nitrogen and oxygen atoms in total. The van der Waals surface area contributed by atoms with E-state index >= 15 is 0 Å². The molecule has 6 atom stereocenters. The van der Waals surface area contributed by atoms with Crippen molar-refractivity contribution in [3.05, 3.63) is 107 Å². The molecule has 4 aromatic carbocycles. The van der Waals surface area contributed by atoms with Crippen molar-refractivity contribution in [2.45, 2.75) is 81.7 Å². The molecule has 342 valence electrons. The summed E-state index contributed by atoms with van der Waals surface area (Å²) in [4.78, 5) is 97.5. The average molecular weight is 908 g/mol. The number of carbonyl (C=O) groups excluding carboxylic acids is 7. The van der Waals surface area contributed by atoms with Crippen LogP contribution in [0.15, 0.2) is 84.9 Å². The SMILES string of the molecule is C[C@@H]1NC(=O)[C@@H](N(C)C(=O)[C@H](CCCCN)NC(=O)c2ccc(-c3ccc(Cl)cc3)cc2)c2ccc(O)c(c2)-c2cc(ccc2O)C[C@@H](C(=O)N[C@@](C)(C=O)CN2CC[C@H]2C=O)NC1=O. The van der Waals surface area contributed by atoms with Crippen molar-refractivity contribution >= 4 is 53.7 Å². The summed E-state index contributed by atoms with van der Waals surface area (Å²) in [5, 5.41) is 33.8. The van der Waals surface area contributed by atoms with Gasteiger partial charge < -0.3 is 51.7 Å². The standard InChI is InChI=1S/C48H54ClN7O9/c1-28-43(61)53-39(45(63)54-48(2,27-58)26-56-21-19-35(56)25-57)23-29-7-17-40(59)36(22-29)37-24-33(14-18-41(37)60)42(46(64)51-28)55(3)47(65)38(6-4-5-20-50)52-44(62)32-10-8-30(9-11-32)31-12-15-34(49)16-13-31/h7-18,22,24-25,27-28,35,38-39,42,59-60H,4-6,19-21,23,26,50H2,1-3H3,(H,51,64)(H,52,62)(H,53,61)(H,54,63)/t28-,35-,38-,39-,42-,48+/m0/s1. The molecule has 4 aromatic rings. The number of aromatic hydroxyl groups is 2. The number of halogens is 1. The molecule has 1 fully saturated rings. The second-order valence-corrected chi connectivity index (χ2v) is 17.3. The molecule has 0 spiro atoms. The van der Waals surface area contributed by atoms with E-state index in [4.69, 9.17) is 17.3 Å². The third-order valence-electron chi connectivity index (χ3n) is 11.9. The van der Waals surface area contributed by atoms with Crippen molar-refractivity contribution in [2.24, 2.45) is 5.73 Å². The van der Waals surface area contributed by atoms with Gasteiger partial charge in [0.1, 0.15) is 53.8 Å². The van der Waals surface area contributed by atoms with Crippen LogP contribution in [0.2, 0.25) is 5.02 Å². The van der Waals surface area contributed by atoms with Crippen LogP contribution in [-0.2, 0) is 35.2 Å². The maximum Gasteiger partial charge on any atom is 0.251 e. The molecule has 0 unspecified atom stereocenters. The third kappa shape index (κ3) is 11.4. The molecule has 0 saturated carbocycles. The summed E-state index contributed by atoms with van der Waals surface area (Å²) in [6, 6.07) is 17.1. The number of amides is 5. The minimum Gasteiger partial charge on any atom is -0.507 e. The van der Waals surface area contributed by atoms with E-state index in [0.29, 0.717) is 49.2 Å². The fourth-order valence-corrected chi connectivity index (χ4v) is 8.17. The number of nitrogens with two attached hydrogens (primary N) is 1. The average Bonchev–Trinajstić information content (AvgIpc) is 3.28. The number of carbonyl (C=O) groups is 7. The van der Waals surface area contributed by atoms with Crippen LogP contribution in [0, 0.1) is 0 Å². The van der Waals surface area contributed by atoms with Gasteiger partial charge in [0.15, 0.2) is 0 Å². The van der Waals surface area contributed by atoms with Crippen molar-refractivity contribution in [1.29, 1.82) is 0 Å². The Balaban J connectivity index is 1.31. The van der Waals surface area contributed by atoms with Crippen LogP contribution in [0.3, 0.4) is 0 Å². The Morgan fingerprint density at radius 3 is 2.18 bits per heavy atom. The quantitative estimate of drug-likeness (QED) is 0.0674. The lowest BCUT2D eigenvalue weighted by Crippen LogP contribution is -2.63. The Morgan fingerprint density at radius 2 is 1.57 bits per heavy atom. The highest BCUT2D eigenvalue weighted by Crippen LogP contribution is 2.39. The zero-order chi connectivity index (χ0) is 47.0. The minimum atomic E-state index is -1.46. The molecule has 2 aliphatic heterocycles. The van der Waals surface area contributed by atoms with Crippen molar-refractivity contribution in [3.8, 4) is 33.8 Å². The van der Waals surface area contributed by atoms with Gasteiger partial charge >= 0.3 is 0 Å². The topological polar surface area (TPSA) is 241 Å². The summed E-state index contributed by atoms with van der Waals surface area (Å²) < 4.78 is 0. The van der Waals surface area contributed by atoms with E-state index in [1.54, 1.807) is 47.4 Å².